The van der Waals surface area contributed by atoms with Gasteiger partial charge in [0, 0.05) is 19.0 Å². The van der Waals surface area contributed by atoms with E-state index >= 15 is 0 Å². The van der Waals surface area contributed by atoms with Gasteiger partial charge in [-0.3, -0.25) is 0 Å². The van der Waals surface area contributed by atoms with E-state index in [0.29, 0.717) is 31.5 Å². The third kappa shape index (κ3) is 5.17. The van der Waals surface area contributed by atoms with Crippen LogP contribution < -0.4 is 10.6 Å². The molecule has 2 aromatic heterocycles. The summed E-state index contributed by atoms with van der Waals surface area (Å²) in [6.07, 6.45) is 3.54. The summed E-state index contributed by atoms with van der Waals surface area (Å²) in [6, 6.07) is 0. The standard InChI is InChI=1S/C17H27N7O/c1-7-8-18-16(20-10-14-23-22-12(2)24(14)6)21-11-15-19-9-13(25-15)17(3,4)5/h7,9H,1,8,10-11H2,2-6H3,(H2,18,20,21). The zero-order valence-electron chi connectivity index (χ0n) is 15.6. The second-order valence-corrected chi connectivity index (χ2v) is 6.78. The Morgan fingerprint density at radius 1 is 1.36 bits per heavy atom. The van der Waals surface area contributed by atoms with Gasteiger partial charge >= 0.3 is 0 Å². The molecule has 2 rings (SSSR count). The lowest BCUT2D eigenvalue weighted by Gasteiger charge is -2.13. The summed E-state index contributed by atoms with van der Waals surface area (Å²) in [7, 11) is 1.92. The molecule has 0 spiro atoms. The lowest BCUT2D eigenvalue weighted by Crippen LogP contribution is -2.37. The van der Waals surface area contributed by atoms with Gasteiger partial charge in [0.2, 0.25) is 5.89 Å². The van der Waals surface area contributed by atoms with Crippen molar-refractivity contribution >= 4 is 5.96 Å². The Bertz CT molecular complexity index is 737. The van der Waals surface area contributed by atoms with Gasteiger partial charge in [-0.25, -0.2) is 9.98 Å². The molecule has 0 fully saturated rings. The smallest absolute Gasteiger partial charge is 0.213 e. The van der Waals surface area contributed by atoms with Crippen molar-refractivity contribution in [3.8, 4) is 0 Å². The maximum absolute atomic E-state index is 5.79. The first-order valence-corrected chi connectivity index (χ1v) is 8.24. The maximum atomic E-state index is 5.79. The van der Waals surface area contributed by atoms with Crippen LogP contribution in [0, 0.1) is 6.92 Å². The lowest BCUT2D eigenvalue weighted by atomic mass is 9.94. The molecule has 0 aromatic carbocycles. The highest BCUT2D eigenvalue weighted by molar-refractivity contribution is 5.79. The van der Waals surface area contributed by atoms with Crippen LogP contribution >= 0.6 is 0 Å². The molecule has 8 heteroatoms. The first kappa shape index (κ1) is 18.7. The Morgan fingerprint density at radius 3 is 2.68 bits per heavy atom. The molecule has 2 heterocycles. The van der Waals surface area contributed by atoms with Crippen LogP contribution in [0.1, 0.15) is 44.1 Å². The van der Waals surface area contributed by atoms with Crippen molar-refractivity contribution in [2.24, 2.45) is 12.0 Å². The second kappa shape index (κ2) is 7.96. The lowest BCUT2D eigenvalue weighted by molar-refractivity contribution is 0.379. The summed E-state index contributed by atoms with van der Waals surface area (Å²) >= 11 is 0. The molecule has 136 valence electrons. The molecule has 0 unspecified atom stereocenters. The van der Waals surface area contributed by atoms with Crippen LogP contribution in [-0.2, 0) is 25.6 Å². The average molecular weight is 345 g/mol. The van der Waals surface area contributed by atoms with Crippen molar-refractivity contribution in [2.75, 3.05) is 6.54 Å². The summed E-state index contributed by atoms with van der Waals surface area (Å²) < 4.78 is 7.70. The second-order valence-electron chi connectivity index (χ2n) is 6.78. The average Bonchev–Trinajstić information content (AvgIpc) is 3.15. The first-order chi connectivity index (χ1) is 11.8. The summed E-state index contributed by atoms with van der Waals surface area (Å²) in [5.74, 6) is 3.76. The van der Waals surface area contributed by atoms with Crippen LogP contribution in [0.5, 0.6) is 0 Å². The molecule has 0 aliphatic rings. The molecule has 0 atom stereocenters. The van der Waals surface area contributed by atoms with Gasteiger partial charge in [-0.15, -0.1) is 16.8 Å². The predicted molar refractivity (Wildman–Crippen MR) is 97.1 cm³/mol. The molecule has 0 saturated carbocycles. The number of aliphatic imine (C=N–C) groups is 1. The van der Waals surface area contributed by atoms with Crippen molar-refractivity contribution in [3.05, 3.63) is 42.2 Å². The molecule has 0 amide bonds. The minimum Gasteiger partial charge on any atom is -0.443 e. The van der Waals surface area contributed by atoms with E-state index in [1.165, 1.54) is 0 Å². The predicted octanol–water partition coefficient (Wildman–Crippen LogP) is 1.83. The van der Waals surface area contributed by atoms with E-state index in [1.54, 1.807) is 12.3 Å². The Balaban J connectivity index is 2.02. The van der Waals surface area contributed by atoms with Gasteiger partial charge in [0.25, 0.3) is 0 Å². The van der Waals surface area contributed by atoms with Gasteiger partial charge in [0.15, 0.2) is 11.8 Å². The topological polar surface area (TPSA) is 93.2 Å². The van der Waals surface area contributed by atoms with Crippen LogP contribution in [0.15, 0.2) is 28.3 Å². The largest absolute Gasteiger partial charge is 0.443 e. The zero-order chi connectivity index (χ0) is 18.4. The summed E-state index contributed by atoms with van der Waals surface area (Å²) in [4.78, 5) is 8.84. The van der Waals surface area contributed by atoms with E-state index in [2.05, 4.69) is 58.2 Å². The van der Waals surface area contributed by atoms with Crippen molar-refractivity contribution < 1.29 is 4.42 Å². The van der Waals surface area contributed by atoms with E-state index in [9.17, 15) is 0 Å². The van der Waals surface area contributed by atoms with Gasteiger partial charge in [-0.1, -0.05) is 26.8 Å². The number of guanidine groups is 1. The Labute approximate surface area is 148 Å². The van der Waals surface area contributed by atoms with E-state index in [0.717, 1.165) is 17.4 Å². The number of oxazole rings is 1. The highest BCUT2D eigenvalue weighted by Gasteiger charge is 2.19. The molecule has 25 heavy (non-hydrogen) atoms. The van der Waals surface area contributed by atoms with Crippen molar-refractivity contribution in [1.82, 2.24) is 30.4 Å². The number of hydrogen-bond acceptors (Lipinski definition) is 5. The van der Waals surface area contributed by atoms with Crippen LogP contribution in [0.25, 0.3) is 0 Å². The van der Waals surface area contributed by atoms with Crippen LogP contribution in [0.4, 0.5) is 0 Å². The quantitative estimate of drug-likeness (QED) is 0.471. The maximum Gasteiger partial charge on any atom is 0.213 e. The number of aromatic nitrogens is 4. The third-order valence-electron chi connectivity index (χ3n) is 3.67. The third-order valence-corrected chi connectivity index (χ3v) is 3.67. The van der Waals surface area contributed by atoms with Gasteiger partial charge in [0.1, 0.15) is 18.1 Å². The molecule has 2 N–H and O–H groups in total. The first-order valence-electron chi connectivity index (χ1n) is 8.24. The van der Waals surface area contributed by atoms with Crippen LogP contribution in [0.3, 0.4) is 0 Å². The molecule has 0 aliphatic carbocycles. The minimum atomic E-state index is -0.0632. The number of nitrogens with zero attached hydrogens (tertiary/aromatic N) is 5. The monoisotopic (exact) mass is 345 g/mol. The summed E-state index contributed by atoms with van der Waals surface area (Å²) in [6.45, 7) is 13.4. The fourth-order valence-electron chi connectivity index (χ4n) is 1.98. The Hall–Kier alpha value is -2.64. The van der Waals surface area contributed by atoms with Crippen molar-refractivity contribution in [3.63, 3.8) is 0 Å². The minimum absolute atomic E-state index is 0.0632. The Kier molecular flexibility index (Phi) is 5.95. The van der Waals surface area contributed by atoms with Gasteiger partial charge in [-0.2, -0.15) is 0 Å². The molecule has 0 bridgehead atoms. The van der Waals surface area contributed by atoms with Gasteiger partial charge in [0.05, 0.1) is 12.7 Å². The van der Waals surface area contributed by atoms with Crippen molar-refractivity contribution in [1.29, 1.82) is 0 Å². The number of hydrogen-bond donors (Lipinski definition) is 2. The summed E-state index contributed by atoms with van der Waals surface area (Å²) in [5.41, 5.74) is -0.0632. The highest BCUT2D eigenvalue weighted by atomic mass is 16.4. The molecule has 0 saturated heterocycles. The Morgan fingerprint density at radius 2 is 2.12 bits per heavy atom. The van der Waals surface area contributed by atoms with E-state index in [-0.39, 0.29) is 5.41 Å². The molecule has 0 radical (unpaired) electrons. The molecule has 2 aromatic rings. The van der Waals surface area contributed by atoms with Gasteiger partial charge < -0.3 is 19.6 Å². The number of rotatable bonds is 6. The highest BCUT2D eigenvalue weighted by Crippen LogP contribution is 2.22. The van der Waals surface area contributed by atoms with Crippen LogP contribution in [-0.4, -0.2) is 32.3 Å². The molecular formula is C17H27N7O. The number of aryl methyl sites for hydroxylation is 1. The zero-order valence-corrected chi connectivity index (χ0v) is 15.6. The van der Waals surface area contributed by atoms with Crippen LogP contribution in [0.2, 0.25) is 0 Å². The fraction of sp³-hybridized carbons (Fsp3) is 0.529. The van der Waals surface area contributed by atoms with E-state index in [4.69, 9.17) is 4.42 Å². The van der Waals surface area contributed by atoms with E-state index in [1.807, 2.05) is 18.5 Å². The molecular weight excluding hydrogens is 318 g/mol. The number of nitrogens with one attached hydrogen (secondary N) is 2. The van der Waals surface area contributed by atoms with E-state index < -0.39 is 0 Å². The molecule has 0 aliphatic heterocycles. The van der Waals surface area contributed by atoms with Crippen molar-refractivity contribution in [2.45, 2.75) is 46.2 Å². The summed E-state index contributed by atoms with van der Waals surface area (Å²) in [5, 5.41) is 14.5. The van der Waals surface area contributed by atoms with Gasteiger partial charge in [-0.05, 0) is 6.92 Å². The normalized spacial score (nSPS) is 12.3. The fourth-order valence-corrected chi connectivity index (χ4v) is 1.98. The SMILES string of the molecule is C=CCNC(=NCc1nnc(C)n1C)NCc1ncc(C(C)(C)C)o1. The molecule has 8 nitrogen and oxygen atoms in total.